The van der Waals surface area contributed by atoms with E-state index in [1.807, 2.05) is 31.3 Å². The number of nitrogens with zero attached hydrogens (tertiary/aromatic N) is 1. The highest BCUT2D eigenvalue weighted by atomic mass is 35.5. The Morgan fingerprint density at radius 2 is 2.00 bits per heavy atom. The van der Waals surface area contributed by atoms with Gasteiger partial charge in [0, 0.05) is 18.0 Å². The van der Waals surface area contributed by atoms with E-state index in [0.717, 1.165) is 41.3 Å². The first-order valence-electron chi connectivity index (χ1n) is 8.03. The van der Waals surface area contributed by atoms with E-state index in [1.54, 1.807) is 7.11 Å². The second-order valence-electron chi connectivity index (χ2n) is 6.13. The highest BCUT2D eigenvalue weighted by molar-refractivity contribution is 7.17. The molecule has 0 atom stereocenters. The summed E-state index contributed by atoms with van der Waals surface area (Å²) < 4.78 is 5.11. The molecule has 0 unspecified atom stereocenters. The van der Waals surface area contributed by atoms with E-state index in [-0.39, 0.29) is 24.7 Å². The molecule has 2 amide bonds. The highest BCUT2D eigenvalue weighted by Crippen LogP contribution is 2.36. The van der Waals surface area contributed by atoms with Gasteiger partial charge in [0.25, 0.3) is 5.91 Å². The number of methoxy groups -OCH3 is 1. The first kappa shape index (κ1) is 20.2. The number of carbonyl (C=O) groups excluding carboxylic acids is 2. The van der Waals surface area contributed by atoms with Crippen LogP contribution in [0.1, 0.15) is 26.4 Å². The molecule has 1 aromatic heterocycles. The standard InChI is InChI=1S/C18H21N3O3S.ClH/c1-21-8-7-13-14(10-21)25-18(16(13)17(19)23)20-15(22)9-11-3-5-12(24-2)6-4-11;/h3-6H,7-10H2,1-2H3,(H2,19,23)(H,20,22);1H. The Morgan fingerprint density at radius 1 is 1.31 bits per heavy atom. The topological polar surface area (TPSA) is 84.7 Å². The van der Waals surface area contributed by atoms with Gasteiger partial charge in [-0.05, 0) is 36.7 Å². The Kier molecular flexibility index (Phi) is 6.63. The van der Waals surface area contributed by atoms with Gasteiger partial charge < -0.3 is 20.7 Å². The van der Waals surface area contributed by atoms with Crippen LogP contribution in [0.15, 0.2) is 24.3 Å². The molecule has 6 nitrogen and oxygen atoms in total. The lowest BCUT2D eigenvalue weighted by Crippen LogP contribution is -2.27. The molecule has 1 aliphatic rings. The largest absolute Gasteiger partial charge is 0.497 e. The fraction of sp³-hybridized carbons (Fsp3) is 0.333. The SMILES string of the molecule is COc1ccc(CC(=O)Nc2sc3c(c2C(N)=O)CCN(C)C3)cc1.Cl. The molecule has 0 spiro atoms. The van der Waals surface area contributed by atoms with Gasteiger partial charge >= 0.3 is 0 Å². The number of thiophene rings is 1. The third-order valence-electron chi connectivity index (χ3n) is 4.27. The van der Waals surface area contributed by atoms with Crippen LogP contribution in [0.4, 0.5) is 5.00 Å². The van der Waals surface area contributed by atoms with E-state index in [0.29, 0.717) is 10.6 Å². The molecule has 0 saturated heterocycles. The lowest BCUT2D eigenvalue weighted by atomic mass is 10.0. The highest BCUT2D eigenvalue weighted by Gasteiger charge is 2.26. The second kappa shape index (κ2) is 8.53. The van der Waals surface area contributed by atoms with Crippen LogP contribution in [0.5, 0.6) is 5.75 Å². The Labute approximate surface area is 162 Å². The van der Waals surface area contributed by atoms with Gasteiger partial charge in [-0.2, -0.15) is 0 Å². The molecule has 2 heterocycles. The second-order valence-corrected chi connectivity index (χ2v) is 7.24. The number of hydrogen-bond donors (Lipinski definition) is 2. The first-order chi connectivity index (χ1) is 12.0. The van der Waals surface area contributed by atoms with Crippen molar-refractivity contribution in [3.05, 3.63) is 45.8 Å². The van der Waals surface area contributed by atoms with Crippen LogP contribution in [-0.2, 0) is 24.2 Å². The Hall–Kier alpha value is -2.09. The van der Waals surface area contributed by atoms with Gasteiger partial charge in [0.1, 0.15) is 10.8 Å². The molecule has 140 valence electrons. The summed E-state index contributed by atoms with van der Waals surface area (Å²) in [6.07, 6.45) is 1.000. The molecule has 0 radical (unpaired) electrons. The summed E-state index contributed by atoms with van der Waals surface area (Å²) in [5.74, 6) is 0.0941. The van der Waals surface area contributed by atoms with Crippen molar-refractivity contribution in [2.75, 3.05) is 26.0 Å². The number of hydrogen-bond acceptors (Lipinski definition) is 5. The van der Waals surface area contributed by atoms with Crippen molar-refractivity contribution in [3.8, 4) is 5.75 Å². The Balaban J connectivity index is 0.00000243. The summed E-state index contributed by atoms with van der Waals surface area (Å²) >= 11 is 1.44. The number of rotatable bonds is 5. The average Bonchev–Trinajstić information content (AvgIpc) is 2.92. The molecule has 8 heteroatoms. The molecule has 0 fully saturated rings. The molecule has 1 aromatic carbocycles. The van der Waals surface area contributed by atoms with Crippen molar-refractivity contribution >= 4 is 40.6 Å². The molecule has 26 heavy (non-hydrogen) atoms. The molecule has 0 saturated carbocycles. The summed E-state index contributed by atoms with van der Waals surface area (Å²) in [6.45, 7) is 1.65. The van der Waals surface area contributed by atoms with Gasteiger partial charge in [-0.25, -0.2) is 0 Å². The third-order valence-corrected chi connectivity index (χ3v) is 5.40. The molecular formula is C18H22ClN3O3S. The van der Waals surface area contributed by atoms with E-state index >= 15 is 0 Å². The van der Waals surface area contributed by atoms with Crippen molar-refractivity contribution in [1.82, 2.24) is 4.90 Å². The zero-order valence-electron chi connectivity index (χ0n) is 14.7. The number of primary amides is 1. The number of anilines is 1. The van der Waals surface area contributed by atoms with Crippen molar-refractivity contribution in [1.29, 1.82) is 0 Å². The number of likely N-dealkylation sites (N-methyl/N-ethyl adjacent to an activating group) is 1. The predicted molar refractivity (Wildman–Crippen MR) is 105 cm³/mol. The fourth-order valence-electron chi connectivity index (χ4n) is 2.98. The number of nitrogens with two attached hydrogens (primary N) is 1. The van der Waals surface area contributed by atoms with Crippen LogP contribution < -0.4 is 15.8 Å². The Bertz CT molecular complexity index is 805. The van der Waals surface area contributed by atoms with Gasteiger partial charge in [-0.1, -0.05) is 12.1 Å². The summed E-state index contributed by atoms with van der Waals surface area (Å²) in [5, 5.41) is 3.43. The van der Waals surface area contributed by atoms with Crippen LogP contribution in [0, 0.1) is 0 Å². The fourth-order valence-corrected chi connectivity index (χ4v) is 4.33. The summed E-state index contributed by atoms with van der Waals surface area (Å²) in [7, 11) is 3.64. The number of fused-ring (bicyclic) bond motifs is 1. The lowest BCUT2D eigenvalue weighted by Gasteiger charge is -2.22. The van der Waals surface area contributed by atoms with Crippen LogP contribution in [-0.4, -0.2) is 37.4 Å². The van der Waals surface area contributed by atoms with Crippen LogP contribution >= 0.6 is 23.7 Å². The number of ether oxygens (including phenoxy) is 1. The van der Waals surface area contributed by atoms with Gasteiger partial charge in [0.2, 0.25) is 5.91 Å². The smallest absolute Gasteiger partial charge is 0.251 e. The van der Waals surface area contributed by atoms with Gasteiger partial charge in [-0.15, -0.1) is 23.7 Å². The minimum atomic E-state index is -0.484. The van der Waals surface area contributed by atoms with Crippen LogP contribution in [0.2, 0.25) is 0 Å². The number of halogens is 1. The maximum atomic E-state index is 12.4. The van der Waals surface area contributed by atoms with E-state index in [9.17, 15) is 9.59 Å². The molecule has 3 rings (SSSR count). The monoisotopic (exact) mass is 395 g/mol. The zero-order valence-corrected chi connectivity index (χ0v) is 16.3. The number of carbonyl (C=O) groups is 2. The normalized spacial score (nSPS) is 13.5. The van der Waals surface area contributed by atoms with Crippen molar-refractivity contribution in [2.45, 2.75) is 19.4 Å². The van der Waals surface area contributed by atoms with Crippen molar-refractivity contribution in [2.24, 2.45) is 5.73 Å². The van der Waals surface area contributed by atoms with Crippen LogP contribution in [0.25, 0.3) is 0 Å². The van der Waals surface area contributed by atoms with E-state index < -0.39 is 5.91 Å². The van der Waals surface area contributed by atoms with Gasteiger partial charge in [0.15, 0.2) is 0 Å². The molecule has 3 N–H and O–H groups in total. The number of amides is 2. The summed E-state index contributed by atoms with van der Waals surface area (Å²) in [5.41, 5.74) is 7.89. The molecule has 1 aliphatic heterocycles. The van der Waals surface area contributed by atoms with Gasteiger partial charge in [0.05, 0.1) is 19.1 Å². The maximum absolute atomic E-state index is 12.4. The van der Waals surface area contributed by atoms with E-state index in [1.165, 1.54) is 11.3 Å². The van der Waals surface area contributed by atoms with Crippen molar-refractivity contribution in [3.63, 3.8) is 0 Å². The van der Waals surface area contributed by atoms with E-state index in [2.05, 4.69) is 10.2 Å². The first-order valence-corrected chi connectivity index (χ1v) is 8.85. The molecule has 0 bridgehead atoms. The quantitative estimate of drug-likeness (QED) is 0.814. The molecular weight excluding hydrogens is 374 g/mol. The Morgan fingerprint density at radius 3 is 2.62 bits per heavy atom. The van der Waals surface area contributed by atoms with Gasteiger partial charge in [-0.3, -0.25) is 9.59 Å². The number of benzene rings is 1. The van der Waals surface area contributed by atoms with Crippen LogP contribution in [0.3, 0.4) is 0 Å². The maximum Gasteiger partial charge on any atom is 0.251 e. The van der Waals surface area contributed by atoms with Crippen molar-refractivity contribution < 1.29 is 14.3 Å². The molecule has 2 aromatic rings. The summed E-state index contributed by atoms with van der Waals surface area (Å²) in [4.78, 5) is 27.6. The predicted octanol–water partition coefficient (Wildman–Crippen LogP) is 2.45. The third kappa shape index (κ3) is 4.35. The molecule has 0 aliphatic carbocycles. The zero-order chi connectivity index (χ0) is 18.0. The average molecular weight is 396 g/mol. The minimum Gasteiger partial charge on any atom is -0.497 e. The van der Waals surface area contributed by atoms with E-state index in [4.69, 9.17) is 10.5 Å². The summed E-state index contributed by atoms with van der Waals surface area (Å²) in [6, 6.07) is 7.33. The minimum absolute atomic E-state index is 0. The lowest BCUT2D eigenvalue weighted by molar-refractivity contribution is -0.115. The number of nitrogens with one attached hydrogen (secondary N) is 1.